The first kappa shape index (κ1) is 22.1. The Morgan fingerprint density at radius 2 is 1.61 bits per heavy atom. The molecule has 0 unspecified atom stereocenters. The maximum absolute atomic E-state index is 12.9. The highest BCUT2D eigenvalue weighted by atomic mass is 16.5. The van der Waals surface area contributed by atoms with E-state index in [0.29, 0.717) is 18.7 Å². The highest BCUT2D eigenvalue weighted by Crippen LogP contribution is 2.23. The first-order valence-electron chi connectivity index (χ1n) is 10.6. The van der Waals surface area contributed by atoms with E-state index in [1.807, 2.05) is 36.1 Å². The number of ketones is 1. The van der Waals surface area contributed by atoms with Gasteiger partial charge in [0.15, 0.2) is 5.78 Å². The van der Waals surface area contributed by atoms with Crippen LogP contribution in [0.5, 0.6) is 0 Å². The van der Waals surface area contributed by atoms with Crippen molar-refractivity contribution >= 4 is 17.7 Å². The first-order chi connectivity index (χ1) is 13.5. The molecule has 0 saturated heterocycles. The number of hydrogen-bond donors (Lipinski definition) is 0. The van der Waals surface area contributed by atoms with Crippen molar-refractivity contribution in [2.45, 2.75) is 77.7 Å². The topological polar surface area (TPSA) is 63.7 Å². The Morgan fingerprint density at radius 1 is 0.964 bits per heavy atom. The van der Waals surface area contributed by atoms with Crippen molar-refractivity contribution in [3.8, 4) is 0 Å². The molecule has 154 valence electrons. The van der Waals surface area contributed by atoms with Gasteiger partial charge >= 0.3 is 5.97 Å². The van der Waals surface area contributed by atoms with E-state index in [-0.39, 0.29) is 43.0 Å². The van der Waals surface area contributed by atoms with Gasteiger partial charge in [0, 0.05) is 31.0 Å². The third-order valence-corrected chi connectivity index (χ3v) is 5.39. The van der Waals surface area contributed by atoms with E-state index in [9.17, 15) is 14.4 Å². The molecule has 5 nitrogen and oxygen atoms in total. The lowest BCUT2D eigenvalue weighted by molar-refractivity contribution is -0.144. The van der Waals surface area contributed by atoms with Crippen LogP contribution in [0.15, 0.2) is 24.3 Å². The molecular weight excluding hydrogens is 354 g/mol. The fourth-order valence-electron chi connectivity index (χ4n) is 3.77. The third-order valence-electron chi connectivity index (χ3n) is 5.39. The van der Waals surface area contributed by atoms with Crippen LogP contribution >= 0.6 is 0 Å². The molecule has 1 aromatic carbocycles. The number of carbonyl (C=O) groups excluding carboxylic acids is 3. The number of ether oxygens (including phenoxy) is 1. The zero-order chi connectivity index (χ0) is 20.4. The molecule has 0 bridgehead atoms. The lowest BCUT2D eigenvalue weighted by atomic mass is 10.0. The Hall–Kier alpha value is -2.17. The molecule has 1 aliphatic rings. The van der Waals surface area contributed by atoms with Crippen molar-refractivity contribution in [3.05, 3.63) is 35.4 Å². The van der Waals surface area contributed by atoms with Gasteiger partial charge in [0.1, 0.15) is 0 Å². The zero-order valence-corrected chi connectivity index (χ0v) is 17.2. The van der Waals surface area contributed by atoms with Crippen molar-refractivity contribution in [1.82, 2.24) is 4.90 Å². The van der Waals surface area contributed by atoms with E-state index in [1.165, 1.54) is 12.8 Å². The maximum atomic E-state index is 12.9. The summed E-state index contributed by atoms with van der Waals surface area (Å²) in [6.07, 6.45) is 7.15. The quantitative estimate of drug-likeness (QED) is 0.356. The normalized spacial score (nSPS) is 14.9. The van der Waals surface area contributed by atoms with Crippen LogP contribution in [0.25, 0.3) is 0 Å². The highest BCUT2D eigenvalue weighted by Gasteiger charge is 2.25. The number of nitrogens with zero attached hydrogens (tertiary/aromatic N) is 1. The largest absolute Gasteiger partial charge is 0.466 e. The number of amides is 1. The summed E-state index contributed by atoms with van der Waals surface area (Å²) >= 11 is 0. The molecule has 0 heterocycles. The van der Waals surface area contributed by atoms with E-state index < -0.39 is 0 Å². The molecule has 0 atom stereocenters. The van der Waals surface area contributed by atoms with Crippen LogP contribution < -0.4 is 0 Å². The summed E-state index contributed by atoms with van der Waals surface area (Å²) in [5.41, 5.74) is 1.75. The molecule has 0 spiro atoms. The van der Waals surface area contributed by atoms with Crippen LogP contribution in [0.4, 0.5) is 0 Å². The monoisotopic (exact) mass is 387 g/mol. The van der Waals surface area contributed by atoms with Crippen molar-refractivity contribution < 1.29 is 19.1 Å². The Kier molecular flexibility index (Phi) is 9.18. The lowest BCUT2D eigenvalue weighted by Gasteiger charge is -2.31. The number of esters is 1. The smallest absolute Gasteiger partial charge is 0.307 e. The second-order valence-corrected chi connectivity index (χ2v) is 7.58. The molecule has 0 radical (unpaired) electrons. The van der Waals surface area contributed by atoms with Crippen molar-refractivity contribution in [2.75, 3.05) is 13.2 Å². The third kappa shape index (κ3) is 7.10. The fourth-order valence-corrected chi connectivity index (χ4v) is 3.77. The van der Waals surface area contributed by atoms with Gasteiger partial charge in [-0.15, -0.1) is 0 Å². The molecule has 1 saturated carbocycles. The van der Waals surface area contributed by atoms with Gasteiger partial charge < -0.3 is 9.64 Å². The molecule has 2 rings (SSSR count). The van der Waals surface area contributed by atoms with Crippen LogP contribution in [0.3, 0.4) is 0 Å². The van der Waals surface area contributed by atoms with Gasteiger partial charge in [-0.25, -0.2) is 0 Å². The molecule has 28 heavy (non-hydrogen) atoms. The molecule has 1 aromatic rings. The average Bonchev–Trinajstić information content (AvgIpc) is 2.96. The fraction of sp³-hybridized carbons (Fsp3) is 0.609. The molecule has 0 aliphatic heterocycles. The van der Waals surface area contributed by atoms with Gasteiger partial charge in [0.25, 0.3) is 0 Å². The summed E-state index contributed by atoms with van der Waals surface area (Å²) in [4.78, 5) is 39.0. The van der Waals surface area contributed by atoms with Crippen molar-refractivity contribution in [3.63, 3.8) is 0 Å². The Morgan fingerprint density at radius 3 is 2.21 bits per heavy atom. The minimum absolute atomic E-state index is 0.0143. The highest BCUT2D eigenvalue weighted by molar-refractivity contribution is 5.98. The number of carbonyl (C=O) groups is 3. The predicted molar refractivity (Wildman–Crippen MR) is 109 cm³/mol. The predicted octanol–water partition coefficient (Wildman–Crippen LogP) is 4.46. The minimum atomic E-state index is -0.273. The summed E-state index contributed by atoms with van der Waals surface area (Å²) in [6, 6.07) is 7.61. The van der Waals surface area contributed by atoms with E-state index in [0.717, 1.165) is 31.2 Å². The van der Waals surface area contributed by atoms with Gasteiger partial charge in [-0.1, -0.05) is 55.5 Å². The summed E-state index contributed by atoms with van der Waals surface area (Å²) in [5.74, 6) is -0.319. The van der Waals surface area contributed by atoms with Gasteiger partial charge in [0.05, 0.1) is 13.0 Å². The standard InChI is InChI=1S/C23H33NO4/c1-3-28-23(27)16-17-24(20-8-6-4-5-7-9-20)22(26)15-14-21(25)19-12-10-18(2)11-13-19/h10-13,20H,3-9,14-17H2,1-2H3. The molecule has 0 aromatic heterocycles. The SMILES string of the molecule is CCOC(=O)CCN(C(=O)CCC(=O)c1ccc(C)cc1)C1CCCCCC1. The van der Waals surface area contributed by atoms with E-state index in [2.05, 4.69) is 0 Å². The average molecular weight is 388 g/mol. The van der Waals surface area contributed by atoms with Crippen molar-refractivity contribution in [2.24, 2.45) is 0 Å². The minimum Gasteiger partial charge on any atom is -0.466 e. The van der Waals surface area contributed by atoms with Gasteiger partial charge in [0.2, 0.25) is 5.91 Å². The van der Waals surface area contributed by atoms with Crippen LogP contribution in [0.2, 0.25) is 0 Å². The summed E-state index contributed by atoms with van der Waals surface area (Å²) < 4.78 is 5.02. The zero-order valence-electron chi connectivity index (χ0n) is 17.2. The molecule has 1 amide bonds. The summed E-state index contributed by atoms with van der Waals surface area (Å²) in [6.45, 7) is 4.48. The van der Waals surface area contributed by atoms with Crippen molar-refractivity contribution in [1.29, 1.82) is 0 Å². The molecule has 5 heteroatoms. The number of rotatable bonds is 9. The molecular formula is C23H33NO4. The number of Topliss-reactive ketones (excluding diaryl/α,β-unsaturated/α-hetero) is 1. The lowest BCUT2D eigenvalue weighted by Crippen LogP contribution is -2.41. The summed E-state index contributed by atoms with van der Waals surface area (Å²) in [5, 5.41) is 0. The number of hydrogen-bond acceptors (Lipinski definition) is 4. The van der Waals surface area contributed by atoms with Crippen LogP contribution in [0, 0.1) is 6.92 Å². The Bertz CT molecular complexity index is 645. The van der Waals surface area contributed by atoms with Crippen LogP contribution in [-0.4, -0.2) is 41.8 Å². The maximum Gasteiger partial charge on any atom is 0.307 e. The second kappa shape index (κ2) is 11.6. The van der Waals surface area contributed by atoms with E-state index in [1.54, 1.807) is 6.92 Å². The number of aryl methyl sites for hydroxylation is 1. The molecule has 0 N–H and O–H groups in total. The van der Waals surface area contributed by atoms with E-state index in [4.69, 9.17) is 4.74 Å². The van der Waals surface area contributed by atoms with Gasteiger partial charge in [-0.05, 0) is 26.7 Å². The van der Waals surface area contributed by atoms with Crippen LogP contribution in [0.1, 0.15) is 80.6 Å². The van der Waals surface area contributed by atoms with Gasteiger partial charge in [-0.2, -0.15) is 0 Å². The van der Waals surface area contributed by atoms with E-state index >= 15 is 0 Å². The molecule has 1 aliphatic carbocycles. The molecule has 1 fully saturated rings. The second-order valence-electron chi connectivity index (χ2n) is 7.58. The Labute approximate surface area is 168 Å². The summed E-state index contributed by atoms with van der Waals surface area (Å²) in [7, 11) is 0. The van der Waals surface area contributed by atoms with Crippen LogP contribution in [-0.2, 0) is 14.3 Å². The van der Waals surface area contributed by atoms with Gasteiger partial charge in [-0.3, -0.25) is 14.4 Å². The Balaban J connectivity index is 1.97. The number of benzene rings is 1. The first-order valence-corrected chi connectivity index (χ1v) is 10.6.